The van der Waals surface area contributed by atoms with Gasteiger partial charge in [-0.3, -0.25) is 0 Å². The van der Waals surface area contributed by atoms with Gasteiger partial charge in [-0.25, -0.2) is 0 Å². The van der Waals surface area contributed by atoms with E-state index in [9.17, 15) is 0 Å². The molecule has 13 heavy (non-hydrogen) atoms. The first kappa shape index (κ1) is 9.96. The summed E-state index contributed by atoms with van der Waals surface area (Å²) in [5.74, 6) is 0. The van der Waals surface area contributed by atoms with Crippen molar-refractivity contribution in [2.75, 3.05) is 12.8 Å². The van der Waals surface area contributed by atoms with Crippen LogP contribution in [0.25, 0.3) is 10.4 Å². The van der Waals surface area contributed by atoms with E-state index in [4.69, 9.17) is 5.53 Å². The molecule has 0 aliphatic heterocycles. The fourth-order valence-electron chi connectivity index (χ4n) is 1.12. The van der Waals surface area contributed by atoms with Gasteiger partial charge in [0.15, 0.2) is 0 Å². The summed E-state index contributed by atoms with van der Waals surface area (Å²) in [6, 6.07) is 8.17. The molecule has 0 saturated carbocycles. The highest BCUT2D eigenvalue weighted by molar-refractivity contribution is 7.98. The lowest BCUT2D eigenvalue weighted by molar-refractivity contribution is 0.934. The molecular formula is C9H11N3S. The van der Waals surface area contributed by atoms with Crippen LogP contribution < -0.4 is 0 Å². The van der Waals surface area contributed by atoms with Crippen LogP contribution in [0.15, 0.2) is 34.3 Å². The van der Waals surface area contributed by atoms with E-state index in [1.807, 2.05) is 18.4 Å². The van der Waals surface area contributed by atoms with Gasteiger partial charge in [-0.2, -0.15) is 0 Å². The molecule has 0 aliphatic carbocycles. The molecule has 0 fully saturated rings. The summed E-state index contributed by atoms with van der Waals surface area (Å²) in [4.78, 5) is 3.98. The summed E-state index contributed by atoms with van der Waals surface area (Å²) in [6.07, 6.45) is 2.87. The van der Waals surface area contributed by atoms with Gasteiger partial charge >= 0.3 is 0 Å². The fraction of sp³-hybridized carbons (Fsp3) is 0.333. The molecule has 0 spiro atoms. The summed E-state index contributed by atoms with van der Waals surface area (Å²) in [7, 11) is 0. The zero-order valence-electron chi connectivity index (χ0n) is 7.47. The van der Waals surface area contributed by atoms with Gasteiger partial charge in [0, 0.05) is 16.4 Å². The molecule has 0 aromatic heterocycles. The van der Waals surface area contributed by atoms with Crippen LogP contribution in [0.2, 0.25) is 0 Å². The molecule has 0 N–H and O–H groups in total. The van der Waals surface area contributed by atoms with Crippen LogP contribution in [0, 0.1) is 0 Å². The second-order valence-corrected chi connectivity index (χ2v) is 3.36. The molecule has 0 saturated heterocycles. The minimum atomic E-state index is 0.536. The molecule has 0 heterocycles. The third kappa shape index (κ3) is 3.01. The van der Waals surface area contributed by atoms with Crippen LogP contribution in [-0.4, -0.2) is 12.8 Å². The highest BCUT2D eigenvalue weighted by atomic mass is 32.2. The Labute approximate surface area is 81.8 Å². The normalized spacial score (nSPS) is 9.31. The second kappa shape index (κ2) is 5.51. The van der Waals surface area contributed by atoms with Crippen molar-refractivity contribution < 1.29 is 0 Å². The molecule has 0 amide bonds. The average molecular weight is 193 g/mol. The van der Waals surface area contributed by atoms with Crippen LogP contribution in [-0.2, 0) is 6.42 Å². The Kier molecular flexibility index (Phi) is 4.23. The quantitative estimate of drug-likeness (QED) is 0.313. The maximum Gasteiger partial charge on any atom is 0.0298 e. The van der Waals surface area contributed by atoms with Gasteiger partial charge in [0.2, 0.25) is 0 Å². The standard InChI is InChI=1S/C9H11N3S/c1-13-9-5-3-2-4-8(9)6-7-11-12-10/h2-5H,6-7H2,1H3. The van der Waals surface area contributed by atoms with Gasteiger partial charge in [-0.05, 0) is 29.8 Å². The Hall–Kier alpha value is -1.12. The predicted molar refractivity (Wildman–Crippen MR) is 55.9 cm³/mol. The van der Waals surface area contributed by atoms with E-state index in [2.05, 4.69) is 22.2 Å². The molecular weight excluding hydrogens is 182 g/mol. The molecule has 0 unspecified atom stereocenters. The zero-order valence-corrected chi connectivity index (χ0v) is 8.29. The van der Waals surface area contributed by atoms with Crippen LogP contribution >= 0.6 is 11.8 Å². The molecule has 1 aromatic carbocycles. The van der Waals surface area contributed by atoms with Crippen molar-refractivity contribution in [3.05, 3.63) is 40.3 Å². The summed E-state index contributed by atoms with van der Waals surface area (Å²) >= 11 is 1.72. The number of hydrogen-bond acceptors (Lipinski definition) is 2. The van der Waals surface area contributed by atoms with Crippen molar-refractivity contribution in [2.45, 2.75) is 11.3 Å². The molecule has 0 bridgehead atoms. The first-order valence-electron chi connectivity index (χ1n) is 4.01. The summed E-state index contributed by atoms with van der Waals surface area (Å²) in [5.41, 5.74) is 9.38. The van der Waals surface area contributed by atoms with Gasteiger partial charge < -0.3 is 0 Å². The fourth-order valence-corrected chi connectivity index (χ4v) is 1.77. The van der Waals surface area contributed by atoms with E-state index in [0.29, 0.717) is 6.54 Å². The number of azide groups is 1. The largest absolute Gasteiger partial charge is 0.129 e. The van der Waals surface area contributed by atoms with Crippen molar-refractivity contribution in [3.8, 4) is 0 Å². The molecule has 0 radical (unpaired) electrons. The molecule has 0 atom stereocenters. The monoisotopic (exact) mass is 193 g/mol. The number of thioether (sulfide) groups is 1. The summed E-state index contributed by atoms with van der Waals surface area (Å²) in [5, 5.41) is 3.51. The maximum absolute atomic E-state index is 8.12. The Morgan fingerprint density at radius 3 is 2.92 bits per heavy atom. The average Bonchev–Trinajstić information content (AvgIpc) is 2.19. The lowest BCUT2D eigenvalue weighted by Gasteiger charge is -2.03. The Morgan fingerprint density at radius 1 is 1.46 bits per heavy atom. The predicted octanol–water partition coefficient (Wildman–Crippen LogP) is 3.26. The lowest BCUT2D eigenvalue weighted by atomic mass is 10.1. The van der Waals surface area contributed by atoms with Gasteiger partial charge in [0.1, 0.15) is 0 Å². The third-order valence-corrected chi connectivity index (χ3v) is 2.58. The highest BCUT2D eigenvalue weighted by Gasteiger charge is 1.98. The lowest BCUT2D eigenvalue weighted by Crippen LogP contribution is -1.90. The van der Waals surface area contributed by atoms with E-state index in [-0.39, 0.29) is 0 Å². The van der Waals surface area contributed by atoms with E-state index in [0.717, 1.165) is 6.42 Å². The minimum absolute atomic E-state index is 0.536. The van der Waals surface area contributed by atoms with E-state index < -0.39 is 0 Å². The van der Waals surface area contributed by atoms with E-state index in [1.54, 1.807) is 11.8 Å². The van der Waals surface area contributed by atoms with E-state index in [1.165, 1.54) is 10.5 Å². The Morgan fingerprint density at radius 2 is 2.23 bits per heavy atom. The topological polar surface area (TPSA) is 48.8 Å². The van der Waals surface area contributed by atoms with Gasteiger partial charge in [0.05, 0.1) is 0 Å². The van der Waals surface area contributed by atoms with Crippen LogP contribution in [0.5, 0.6) is 0 Å². The maximum atomic E-state index is 8.12. The third-order valence-electron chi connectivity index (χ3n) is 1.74. The zero-order chi connectivity index (χ0) is 9.52. The number of nitrogens with zero attached hydrogens (tertiary/aromatic N) is 3. The molecule has 1 rings (SSSR count). The molecule has 3 nitrogen and oxygen atoms in total. The molecule has 0 aliphatic rings. The second-order valence-electron chi connectivity index (χ2n) is 2.52. The van der Waals surface area contributed by atoms with E-state index >= 15 is 0 Å². The molecule has 4 heteroatoms. The van der Waals surface area contributed by atoms with Gasteiger partial charge in [0.25, 0.3) is 0 Å². The van der Waals surface area contributed by atoms with Crippen molar-refractivity contribution in [3.63, 3.8) is 0 Å². The summed E-state index contributed by atoms with van der Waals surface area (Å²) in [6.45, 7) is 0.536. The SMILES string of the molecule is CSc1ccccc1CCN=[N+]=[N-]. The van der Waals surface area contributed by atoms with Crippen LogP contribution in [0.1, 0.15) is 5.56 Å². The first-order chi connectivity index (χ1) is 6.38. The van der Waals surface area contributed by atoms with Crippen LogP contribution in [0.4, 0.5) is 0 Å². The van der Waals surface area contributed by atoms with Gasteiger partial charge in [-0.1, -0.05) is 23.3 Å². The minimum Gasteiger partial charge on any atom is -0.129 e. The van der Waals surface area contributed by atoms with Gasteiger partial charge in [-0.15, -0.1) is 11.8 Å². The summed E-state index contributed by atoms with van der Waals surface area (Å²) < 4.78 is 0. The number of rotatable bonds is 4. The van der Waals surface area contributed by atoms with Crippen molar-refractivity contribution in [1.82, 2.24) is 0 Å². The van der Waals surface area contributed by atoms with Crippen LogP contribution in [0.3, 0.4) is 0 Å². The Balaban J connectivity index is 2.69. The van der Waals surface area contributed by atoms with Crippen molar-refractivity contribution >= 4 is 11.8 Å². The first-order valence-corrected chi connectivity index (χ1v) is 5.23. The number of benzene rings is 1. The number of hydrogen-bond donors (Lipinski definition) is 0. The van der Waals surface area contributed by atoms with Crippen molar-refractivity contribution in [1.29, 1.82) is 0 Å². The highest BCUT2D eigenvalue weighted by Crippen LogP contribution is 2.19. The smallest absolute Gasteiger partial charge is 0.0298 e. The Bertz CT molecular complexity index is 318. The molecule has 68 valence electrons. The molecule has 1 aromatic rings. The van der Waals surface area contributed by atoms with Crippen molar-refractivity contribution in [2.24, 2.45) is 5.11 Å².